The van der Waals surface area contributed by atoms with Crippen LogP contribution in [-0.2, 0) is 9.53 Å². The summed E-state index contributed by atoms with van der Waals surface area (Å²) in [6.07, 6.45) is 4.66. The molecule has 0 amide bonds. The second-order valence-corrected chi connectivity index (χ2v) is 5.69. The Hall–Kier alpha value is -0.0900. The third-order valence-corrected chi connectivity index (χ3v) is 3.60. The zero-order valence-electron chi connectivity index (χ0n) is 9.96. The van der Waals surface area contributed by atoms with E-state index in [1.54, 1.807) is 11.8 Å². The zero-order valence-corrected chi connectivity index (χ0v) is 11.6. The minimum absolute atomic E-state index is 0.111. The normalized spacial score (nSPS) is 11.2. The first-order chi connectivity index (χ1) is 6.94. The minimum Gasteiger partial charge on any atom is -0.466 e. The molecule has 0 aliphatic rings. The zero-order chi connectivity index (χ0) is 11.9. The highest BCUT2D eigenvalue weighted by Gasteiger charge is 2.28. The Balaban J connectivity index is 3.93. The maximum atomic E-state index is 11.5. The van der Waals surface area contributed by atoms with Crippen molar-refractivity contribution < 1.29 is 9.53 Å². The van der Waals surface area contributed by atoms with Crippen LogP contribution < -0.4 is 0 Å². The van der Waals surface area contributed by atoms with Gasteiger partial charge in [-0.05, 0) is 46.3 Å². The highest BCUT2D eigenvalue weighted by atomic mass is 32.2. The summed E-state index contributed by atoms with van der Waals surface area (Å²) >= 11 is 6.72. The summed E-state index contributed by atoms with van der Waals surface area (Å²) in [5.41, 5.74) is -0.385. The van der Waals surface area contributed by atoms with Gasteiger partial charge in [0.05, 0.1) is 12.0 Å². The summed E-state index contributed by atoms with van der Waals surface area (Å²) in [5.74, 6) is -0.111. The highest BCUT2D eigenvalue weighted by molar-refractivity contribution is 8.22. The van der Waals surface area contributed by atoms with Gasteiger partial charge in [-0.3, -0.25) is 4.79 Å². The monoisotopic (exact) mass is 248 g/mol. The fourth-order valence-electron chi connectivity index (χ4n) is 1.21. The van der Waals surface area contributed by atoms with E-state index in [0.29, 0.717) is 6.61 Å². The molecule has 0 N–H and O–H groups in total. The fraction of sp³-hybridized carbons (Fsp3) is 0.818. The summed E-state index contributed by atoms with van der Waals surface area (Å²) < 4.78 is 6.02. The van der Waals surface area contributed by atoms with Gasteiger partial charge < -0.3 is 4.74 Å². The van der Waals surface area contributed by atoms with Crippen molar-refractivity contribution in [2.75, 3.05) is 12.9 Å². The fourth-order valence-corrected chi connectivity index (χ4v) is 1.70. The molecule has 0 saturated carbocycles. The van der Waals surface area contributed by atoms with Crippen LogP contribution in [0.1, 0.15) is 40.0 Å². The van der Waals surface area contributed by atoms with Crippen molar-refractivity contribution >= 4 is 34.1 Å². The second-order valence-electron chi connectivity index (χ2n) is 4.03. The van der Waals surface area contributed by atoms with Crippen LogP contribution in [0.5, 0.6) is 0 Å². The van der Waals surface area contributed by atoms with Crippen LogP contribution in [0.2, 0.25) is 0 Å². The van der Waals surface area contributed by atoms with E-state index < -0.39 is 0 Å². The topological polar surface area (TPSA) is 26.3 Å². The smallest absolute Gasteiger partial charge is 0.311 e. The summed E-state index contributed by atoms with van der Waals surface area (Å²) in [4.78, 5) is 11.5. The molecule has 0 spiro atoms. The van der Waals surface area contributed by atoms with Crippen LogP contribution in [-0.4, -0.2) is 23.0 Å². The molecule has 0 fully saturated rings. The summed E-state index contributed by atoms with van der Waals surface area (Å²) in [6, 6.07) is 0. The van der Waals surface area contributed by atoms with Gasteiger partial charge in [-0.15, -0.1) is 11.8 Å². The number of carbonyl (C=O) groups excluding carboxylic acids is 1. The van der Waals surface area contributed by atoms with E-state index in [9.17, 15) is 4.79 Å². The second kappa shape index (κ2) is 7.23. The molecule has 0 unspecified atom stereocenters. The molecule has 0 aromatic heterocycles. The Labute approximate surface area is 102 Å². The predicted molar refractivity (Wildman–Crippen MR) is 70.4 cm³/mol. The molecule has 0 aliphatic carbocycles. The molecule has 0 aromatic rings. The van der Waals surface area contributed by atoms with E-state index in [-0.39, 0.29) is 11.4 Å². The number of rotatable bonds is 6. The molecule has 0 aliphatic heterocycles. The molecule has 0 aromatic carbocycles. The maximum absolute atomic E-state index is 11.5. The van der Waals surface area contributed by atoms with Crippen molar-refractivity contribution in [3.8, 4) is 0 Å². The molecule has 4 heteroatoms. The summed E-state index contributed by atoms with van der Waals surface area (Å²) in [5, 5.41) is 0. The van der Waals surface area contributed by atoms with E-state index in [0.717, 1.165) is 23.5 Å². The Morgan fingerprint density at radius 3 is 2.53 bits per heavy atom. The van der Waals surface area contributed by atoms with Gasteiger partial charge in [-0.1, -0.05) is 12.2 Å². The van der Waals surface area contributed by atoms with E-state index in [1.807, 2.05) is 27.0 Å². The first kappa shape index (κ1) is 14.9. The van der Waals surface area contributed by atoms with Gasteiger partial charge in [-0.2, -0.15) is 0 Å². The van der Waals surface area contributed by atoms with Crippen LogP contribution in [0.25, 0.3) is 0 Å². The number of hydrogen-bond acceptors (Lipinski definition) is 4. The number of carbonyl (C=O) groups is 1. The molecule has 0 saturated heterocycles. The minimum atomic E-state index is -0.385. The lowest BCUT2D eigenvalue weighted by atomic mass is 9.87. The van der Waals surface area contributed by atoms with Crippen LogP contribution in [0.4, 0.5) is 0 Å². The lowest BCUT2D eigenvalue weighted by Crippen LogP contribution is -2.26. The molecule has 2 nitrogen and oxygen atoms in total. The molecule has 0 bridgehead atoms. The van der Waals surface area contributed by atoms with E-state index in [2.05, 4.69) is 0 Å². The van der Waals surface area contributed by atoms with Crippen molar-refractivity contribution in [1.29, 1.82) is 0 Å². The first-order valence-corrected chi connectivity index (χ1v) is 6.81. The van der Waals surface area contributed by atoms with Crippen molar-refractivity contribution in [2.45, 2.75) is 40.0 Å². The van der Waals surface area contributed by atoms with Gasteiger partial charge in [0.25, 0.3) is 0 Å². The van der Waals surface area contributed by atoms with Gasteiger partial charge in [0.1, 0.15) is 0 Å². The molecule has 15 heavy (non-hydrogen) atoms. The highest BCUT2D eigenvalue weighted by Crippen LogP contribution is 2.25. The van der Waals surface area contributed by atoms with Crippen molar-refractivity contribution in [2.24, 2.45) is 5.41 Å². The summed E-state index contributed by atoms with van der Waals surface area (Å²) in [6.45, 7) is 6.13. The largest absolute Gasteiger partial charge is 0.466 e. The molecule has 0 radical (unpaired) electrons. The van der Waals surface area contributed by atoms with Crippen LogP contribution in [0.15, 0.2) is 0 Å². The Kier molecular flexibility index (Phi) is 7.18. The maximum Gasteiger partial charge on any atom is 0.311 e. The van der Waals surface area contributed by atoms with Gasteiger partial charge >= 0.3 is 5.97 Å². The van der Waals surface area contributed by atoms with Gasteiger partial charge in [-0.25, -0.2) is 0 Å². The number of hydrogen-bond donors (Lipinski definition) is 0. The molecular weight excluding hydrogens is 228 g/mol. The average Bonchev–Trinajstić information content (AvgIpc) is 2.17. The van der Waals surface area contributed by atoms with E-state index in [4.69, 9.17) is 17.0 Å². The van der Waals surface area contributed by atoms with Gasteiger partial charge in [0.15, 0.2) is 0 Å². The Morgan fingerprint density at radius 1 is 1.47 bits per heavy atom. The van der Waals surface area contributed by atoms with Crippen LogP contribution in [0.3, 0.4) is 0 Å². The van der Waals surface area contributed by atoms with E-state index >= 15 is 0 Å². The SMILES string of the molecule is CCOC(=O)C(C)(C)CCCC(=S)SC. The van der Waals surface area contributed by atoms with E-state index in [1.165, 1.54) is 0 Å². The molecular formula is C11H20O2S2. The van der Waals surface area contributed by atoms with Crippen molar-refractivity contribution in [3.05, 3.63) is 0 Å². The number of esters is 1. The summed E-state index contributed by atoms with van der Waals surface area (Å²) in [7, 11) is 0. The van der Waals surface area contributed by atoms with Crippen LogP contribution in [0, 0.1) is 5.41 Å². The predicted octanol–water partition coefficient (Wildman–Crippen LogP) is 3.44. The van der Waals surface area contributed by atoms with Crippen LogP contribution >= 0.6 is 24.0 Å². The number of thioether (sulfide) groups is 1. The number of ether oxygens (including phenoxy) is 1. The molecule has 88 valence electrons. The first-order valence-electron chi connectivity index (χ1n) is 5.18. The Morgan fingerprint density at radius 2 is 2.07 bits per heavy atom. The molecule has 0 rings (SSSR count). The van der Waals surface area contributed by atoms with Crippen molar-refractivity contribution in [3.63, 3.8) is 0 Å². The van der Waals surface area contributed by atoms with Gasteiger partial charge in [0.2, 0.25) is 0 Å². The molecule has 0 heterocycles. The standard InChI is InChI=1S/C11H20O2S2/c1-5-13-10(12)11(2,3)8-6-7-9(14)15-4/h5-8H2,1-4H3. The van der Waals surface area contributed by atoms with Gasteiger partial charge in [0, 0.05) is 4.20 Å². The lowest BCUT2D eigenvalue weighted by molar-refractivity contribution is -0.153. The quantitative estimate of drug-likeness (QED) is 0.531. The number of thiocarbonyl (C=S) groups is 1. The Bertz CT molecular complexity index is 225. The van der Waals surface area contributed by atoms with Crippen molar-refractivity contribution in [1.82, 2.24) is 0 Å². The third kappa shape index (κ3) is 6.15. The third-order valence-electron chi connectivity index (χ3n) is 2.24. The average molecular weight is 248 g/mol. The lowest BCUT2D eigenvalue weighted by Gasteiger charge is -2.21. The molecule has 0 atom stereocenters.